The molecule has 0 bridgehead atoms. The number of aromatic nitrogens is 1. The van der Waals surface area contributed by atoms with E-state index in [1.807, 2.05) is 0 Å². The molecular weight excluding hydrogens is 363 g/mol. The first-order chi connectivity index (χ1) is 13.6. The largest absolute Gasteiger partial charge is 0.435 e. The van der Waals surface area contributed by atoms with Gasteiger partial charge in [0.15, 0.2) is 12.3 Å². The molecule has 8 heteroatoms. The summed E-state index contributed by atoms with van der Waals surface area (Å²) >= 11 is 0. The number of anilines is 1. The van der Waals surface area contributed by atoms with Crippen molar-refractivity contribution in [1.29, 1.82) is 0 Å². The molecule has 0 atom stereocenters. The van der Waals surface area contributed by atoms with Crippen LogP contribution in [-0.4, -0.2) is 36.1 Å². The Balaban J connectivity index is 1.33. The predicted octanol–water partition coefficient (Wildman–Crippen LogP) is 2.29. The molecule has 1 aliphatic heterocycles. The smallest absolute Gasteiger partial charge is 0.269 e. The Labute approximate surface area is 161 Å². The summed E-state index contributed by atoms with van der Waals surface area (Å²) in [6, 6.07) is 12.8. The zero-order valence-corrected chi connectivity index (χ0v) is 15.2. The topological polar surface area (TPSA) is 76.8 Å². The molecule has 1 saturated heterocycles. The number of piperazine rings is 1. The fourth-order valence-electron chi connectivity index (χ4n) is 3.40. The molecule has 2 heterocycles. The van der Waals surface area contributed by atoms with Crippen molar-refractivity contribution < 1.29 is 18.6 Å². The number of benzene rings is 2. The number of nitro benzene ring substituents is 1. The lowest BCUT2D eigenvalue weighted by atomic mass is 10.2. The Hall–Kier alpha value is -3.26. The number of rotatable bonds is 5. The summed E-state index contributed by atoms with van der Waals surface area (Å²) in [5.74, 6) is 1.02. The van der Waals surface area contributed by atoms with E-state index in [0.29, 0.717) is 18.2 Å². The lowest BCUT2D eigenvalue weighted by Crippen LogP contribution is -3.13. The highest BCUT2D eigenvalue weighted by Crippen LogP contribution is 2.21. The number of nitrogens with one attached hydrogen (secondary N) is 1. The maximum atomic E-state index is 13.0. The number of nitrogens with zero attached hydrogens (tertiary/aromatic N) is 3. The molecule has 1 fully saturated rings. The number of hydrogen-bond acceptors (Lipinski definition) is 5. The Morgan fingerprint density at radius 3 is 2.43 bits per heavy atom. The third kappa shape index (κ3) is 4.01. The second-order valence-electron chi connectivity index (χ2n) is 6.81. The van der Waals surface area contributed by atoms with Crippen LogP contribution in [0.4, 0.5) is 15.8 Å². The lowest BCUT2D eigenvalue weighted by molar-refractivity contribution is -0.915. The zero-order chi connectivity index (χ0) is 19.5. The van der Waals surface area contributed by atoms with E-state index in [9.17, 15) is 14.5 Å². The van der Waals surface area contributed by atoms with Crippen LogP contribution in [0.1, 0.15) is 5.89 Å². The van der Waals surface area contributed by atoms with Gasteiger partial charge in [-0.3, -0.25) is 10.1 Å². The van der Waals surface area contributed by atoms with Gasteiger partial charge in [0.2, 0.25) is 0 Å². The fraction of sp³-hybridized carbons (Fsp3) is 0.250. The van der Waals surface area contributed by atoms with E-state index in [2.05, 4.69) is 9.88 Å². The van der Waals surface area contributed by atoms with Crippen LogP contribution in [0.5, 0.6) is 0 Å². The number of nitro groups is 1. The third-order valence-corrected chi connectivity index (χ3v) is 4.98. The lowest BCUT2D eigenvalue weighted by Gasteiger charge is -2.33. The van der Waals surface area contributed by atoms with Gasteiger partial charge in [-0.15, -0.1) is 0 Å². The van der Waals surface area contributed by atoms with Crippen molar-refractivity contribution in [2.24, 2.45) is 0 Å². The molecular formula is C20H20FN4O3+. The van der Waals surface area contributed by atoms with Crippen LogP contribution in [-0.2, 0) is 6.54 Å². The molecule has 28 heavy (non-hydrogen) atoms. The predicted molar refractivity (Wildman–Crippen MR) is 102 cm³/mol. The van der Waals surface area contributed by atoms with Gasteiger partial charge in [-0.2, -0.15) is 0 Å². The molecule has 7 nitrogen and oxygen atoms in total. The molecule has 3 aromatic rings. The summed E-state index contributed by atoms with van der Waals surface area (Å²) in [5, 5.41) is 10.8. The third-order valence-electron chi connectivity index (χ3n) is 4.98. The van der Waals surface area contributed by atoms with Gasteiger partial charge >= 0.3 is 0 Å². The molecule has 4 rings (SSSR count). The molecule has 0 unspecified atom stereocenters. The minimum Gasteiger partial charge on any atom is -0.435 e. The molecule has 2 aromatic carbocycles. The SMILES string of the molecule is O=[N+]([O-])c1ccc(N2CC[NH+](Cc3ncc(-c4ccc(F)cc4)o3)CC2)cc1. The summed E-state index contributed by atoms with van der Waals surface area (Å²) in [7, 11) is 0. The Bertz CT molecular complexity index is 948. The normalized spacial score (nSPS) is 15.0. The van der Waals surface area contributed by atoms with Gasteiger partial charge in [0.1, 0.15) is 5.82 Å². The minimum atomic E-state index is -0.386. The summed E-state index contributed by atoms with van der Waals surface area (Å²) < 4.78 is 18.9. The van der Waals surface area contributed by atoms with Crippen molar-refractivity contribution in [1.82, 2.24) is 4.98 Å². The Morgan fingerprint density at radius 1 is 1.11 bits per heavy atom. The maximum Gasteiger partial charge on any atom is 0.269 e. The van der Waals surface area contributed by atoms with Crippen LogP contribution >= 0.6 is 0 Å². The van der Waals surface area contributed by atoms with Gasteiger partial charge in [0.05, 0.1) is 37.3 Å². The van der Waals surface area contributed by atoms with Crippen LogP contribution in [0.25, 0.3) is 11.3 Å². The van der Waals surface area contributed by atoms with Gasteiger partial charge in [0, 0.05) is 23.4 Å². The standard InChI is InChI=1S/C20H19FN4O3/c21-16-3-1-15(2-4-16)19-13-22-20(28-19)14-23-9-11-24(12-10-23)17-5-7-18(8-6-17)25(26)27/h1-8,13H,9-12,14H2/p+1. The van der Waals surface area contributed by atoms with Gasteiger partial charge in [0.25, 0.3) is 11.6 Å². The molecule has 0 saturated carbocycles. The molecule has 0 aliphatic carbocycles. The highest BCUT2D eigenvalue weighted by atomic mass is 19.1. The summed E-state index contributed by atoms with van der Waals surface area (Å²) in [6.07, 6.45) is 1.68. The Morgan fingerprint density at radius 2 is 1.79 bits per heavy atom. The molecule has 1 aromatic heterocycles. The first-order valence-electron chi connectivity index (χ1n) is 9.12. The van der Waals surface area contributed by atoms with E-state index >= 15 is 0 Å². The molecule has 0 spiro atoms. The van der Waals surface area contributed by atoms with Crippen molar-refractivity contribution in [3.05, 3.63) is 76.6 Å². The van der Waals surface area contributed by atoms with E-state index in [-0.39, 0.29) is 16.4 Å². The average molecular weight is 383 g/mol. The van der Waals surface area contributed by atoms with Gasteiger partial charge in [-0.05, 0) is 36.4 Å². The number of non-ortho nitro benzene ring substituents is 1. The number of hydrogen-bond donors (Lipinski definition) is 1. The fourth-order valence-corrected chi connectivity index (χ4v) is 3.40. The van der Waals surface area contributed by atoms with Gasteiger partial charge in [-0.1, -0.05) is 0 Å². The van der Waals surface area contributed by atoms with Gasteiger partial charge < -0.3 is 14.2 Å². The second-order valence-corrected chi connectivity index (χ2v) is 6.81. The van der Waals surface area contributed by atoms with E-state index in [1.54, 1.807) is 30.5 Å². The van der Waals surface area contributed by atoms with Crippen molar-refractivity contribution in [3.63, 3.8) is 0 Å². The van der Waals surface area contributed by atoms with Gasteiger partial charge in [-0.25, -0.2) is 9.37 Å². The van der Waals surface area contributed by atoms with Crippen LogP contribution in [0.15, 0.2) is 59.1 Å². The second kappa shape index (κ2) is 7.77. The monoisotopic (exact) mass is 383 g/mol. The quantitative estimate of drug-likeness (QED) is 0.540. The number of quaternary nitrogens is 1. The first-order valence-corrected chi connectivity index (χ1v) is 9.12. The van der Waals surface area contributed by atoms with Crippen molar-refractivity contribution in [3.8, 4) is 11.3 Å². The summed E-state index contributed by atoms with van der Waals surface area (Å²) in [6.45, 7) is 4.25. The first kappa shape index (κ1) is 18.1. The maximum absolute atomic E-state index is 13.0. The molecule has 0 radical (unpaired) electrons. The molecule has 1 N–H and O–H groups in total. The summed E-state index contributed by atoms with van der Waals surface area (Å²) in [4.78, 5) is 18.3. The minimum absolute atomic E-state index is 0.105. The molecule has 0 amide bonds. The van der Waals surface area contributed by atoms with Crippen LogP contribution in [0.3, 0.4) is 0 Å². The van der Waals surface area contributed by atoms with Crippen molar-refractivity contribution >= 4 is 11.4 Å². The van der Waals surface area contributed by atoms with Crippen molar-refractivity contribution in [2.75, 3.05) is 31.1 Å². The average Bonchev–Trinajstić information content (AvgIpc) is 3.18. The molecule has 1 aliphatic rings. The zero-order valence-electron chi connectivity index (χ0n) is 15.2. The van der Waals surface area contributed by atoms with E-state index in [1.165, 1.54) is 29.2 Å². The highest BCUT2D eigenvalue weighted by molar-refractivity contribution is 5.56. The van der Waals surface area contributed by atoms with Crippen LogP contribution in [0, 0.1) is 15.9 Å². The highest BCUT2D eigenvalue weighted by Gasteiger charge is 2.22. The molecule has 144 valence electrons. The van der Waals surface area contributed by atoms with E-state index < -0.39 is 0 Å². The van der Waals surface area contributed by atoms with Crippen LogP contribution < -0.4 is 9.80 Å². The van der Waals surface area contributed by atoms with E-state index in [0.717, 1.165) is 37.4 Å². The summed E-state index contributed by atoms with van der Waals surface area (Å²) in [5.41, 5.74) is 1.91. The van der Waals surface area contributed by atoms with Crippen molar-refractivity contribution in [2.45, 2.75) is 6.54 Å². The number of halogens is 1. The van der Waals surface area contributed by atoms with Crippen LogP contribution in [0.2, 0.25) is 0 Å². The number of oxazole rings is 1. The van der Waals surface area contributed by atoms with E-state index in [4.69, 9.17) is 4.42 Å². The Kier molecular flexibility index (Phi) is 5.03.